The number of likely N-dealkylation sites (tertiary alicyclic amines) is 1. The Bertz CT molecular complexity index is 383. The molecule has 4 heteroatoms. The maximum Gasteiger partial charge on any atom is 0.107 e. The van der Waals surface area contributed by atoms with Gasteiger partial charge in [0.2, 0.25) is 0 Å². The summed E-state index contributed by atoms with van der Waals surface area (Å²) >= 11 is 1.82. The average molecular weight is 282 g/mol. The monoisotopic (exact) mass is 282 g/mol. The van der Waals surface area contributed by atoms with E-state index in [4.69, 9.17) is 0 Å². The Morgan fingerprint density at radius 2 is 2.16 bits per heavy atom. The molecule has 1 fully saturated rings. The zero-order chi connectivity index (χ0) is 13.8. The molecule has 0 spiro atoms. The minimum atomic E-state index is -0.203. The molecule has 1 saturated heterocycles. The van der Waals surface area contributed by atoms with Crippen LogP contribution in [0.5, 0.6) is 0 Å². The van der Waals surface area contributed by atoms with Crippen LogP contribution in [0.1, 0.15) is 54.6 Å². The number of thiazole rings is 1. The molecule has 1 aromatic heterocycles. The lowest BCUT2D eigenvalue weighted by molar-refractivity contribution is 0.108. The topological polar surface area (TPSA) is 36.4 Å². The maximum atomic E-state index is 9.69. The van der Waals surface area contributed by atoms with Crippen LogP contribution in [-0.4, -0.2) is 33.7 Å². The Morgan fingerprint density at radius 3 is 2.79 bits per heavy atom. The minimum absolute atomic E-state index is 0.203. The number of nitrogens with zero attached hydrogens (tertiary/aromatic N) is 2. The summed E-state index contributed by atoms with van der Waals surface area (Å²) in [4.78, 5) is 8.53. The lowest BCUT2D eigenvalue weighted by atomic mass is 10.0. The van der Waals surface area contributed by atoms with Crippen LogP contribution in [0.2, 0.25) is 0 Å². The lowest BCUT2D eigenvalue weighted by Gasteiger charge is -2.30. The summed E-state index contributed by atoms with van der Waals surface area (Å²) in [5, 5.41) is 10.9. The van der Waals surface area contributed by atoms with Crippen molar-refractivity contribution >= 4 is 11.3 Å². The zero-order valence-corrected chi connectivity index (χ0v) is 13.2. The Morgan fingerprint density at radius 1 is 1.37 bits per heavy atom. The van der Waals surface area contributed by atoms with E-state index in [2.05, 4.69) is 23.7 Å². The SMILES string of the molecule is Cc1nc(CN2CCCCCC2CC(C)O)sc1C. The first kappa shape index (κ1) is 14.9. The summed E-state index contributed by atoms with van der Waals surface area (Å²) in [5.74, 6) is 0. The summed E-state index contributed by atoms with van der Waals surface area (Å²) in [6.07, 6.45) is 5.80. The third-order valence-electron chi connectivity index (χ3n) is 4.02. The first-order valence-corrected chi connectivity index (χ1v) is 8.23. The van der Waals surface area contributed by atoms with E-state index >= 15 is 0 Å². The molecular weight excluding hydrogens is 256 g/mol. The summed E-state index contributed by atoms with van der Waals surface area (Å²) in [5.41, 5.74) is 1.17. The molecule has 2 rings (SSSR count). The van der Waals surface area contributed by atoms with Crippen LogP contribution in [-0.2, 0) is 6.54 Å². The van der Waals surface area contributed by atoms with E-state index in [9.17, 15) is 5.11 Å². The van der Waals surface area contributed by atoms with Crippen molar-refractivity contribution in [2.75, 3.05) is 6.54 Å². The van der Waals surface area contributed by atoms with Gasteiger partial charge >= 0.3 is 0 Å². The second kappa shape index (κ2) is 6.82. The van der Waals surface area contributed by atoms with E-state index in [-0.39, 0.29) is 6.10 Å². The van der Waals surface area contributed by atoms with Crippen molar-refractivity contribution < 1.29 is 5.11 Å². The minimum Gasteiger partial charge on any atom is -0.393 e. The molecule has 19 heavy (non-hydrogen) atoms. The van der Waals surface area contributed by atoms with E-state index in [1.54, 1.807) is 0 Å². The molecule has 1 aromatic rings. The molecule has 2 atom stereocenters. The van der Waals surface area contributed by atoms with Gasteiger partial charge in [-0.25, -0.2) is 4.98 Å². The fourth-order valence-electron chi connectivity index (χ4n) is 2.89. The molecule has 0 aromatic carbocycles. The van der Waals surface area contributed by atoms with Gasteiger partial charge < -0.3 is 5.11 Å². The lowest BCUT2D eigenvalue weighted by Crippen LogP contribution is -2.36. The molecule has 108 valence electrons. The number of aliphatic hydroxyl groups is 1. The Kier molecular flexibility index (Phi) is 5.37. The summed E-state index contributed by atoms with van der Waals surface area (Å²) in [6, 6.07) is 0.520. The van der Waals surface area contributed by atoms with Crippen LogP contribution in [0.4, 0.5) is 0 Å². The van der Waals surface area contributed by atoms with E-state index in [0.29, 0.717) is 6.04 Å². The van der Waals surface area contributed by atoms with Crippen molar-refractivity contribution in [3.63, 3.8) is 0 Å². The highest BCUT2D eigenvalue weighted by molar-refractivity contribution is 7.11. The number of rotatable bonds is 4. The van der Waals surface area contributed by atoms with Gasteiger partial charge in [0.15, 0.2) is 0 Å². The smallest absolute Gasteiger partial charge is 0.107 e. The Hall–Kier alpha value is -0.450. The second-order valence-corrected chi connectivity index (χ2v) is 7.10. The molecule has 2 heterocycles. The molecule has 3 nitrogen and oxygen atoms in total. The number of aryl methyl sites for hydroxylation is 2. The molecule has 0 amide bonds. The highest BCUT2D eigenvalue weighted by Crippen LogP contribution is 2.25. The quantitative estimate of drug-likeness (QED) is 0.920. The van der Waals surface area contributed by atoms with Crippen LogP contribution in [0.3, 0.4) is 0 Å². The van der Waals surface area contributed by atoms with Gasteiger partial charge in [-0.15, -0.1) is 11.3 Å². The summed E-state index contributed by atoms with van der Waals surface area (Å²) in [7, 11) is 0. The molecule has 1 aliphatic rings. The predicted molar refractivity (Wildman–Crippen MR) is 80.6 cm³/mol. The van der Waals surface area contributed by atoms with Gasteiger partial charge in [-0.2, -0.15) is 0 Å². The highest BCUT2D eigenvalue weighted by Gasteiger charge is 2.23. The van der Waals surface area contributed by atoms with Crippen molar-refractivity contribution in [3.05, 3.63) is 15.6 Å². The van der Waals surface area contributed by atoms with Crippen molar-refractivity contribution in [2.45, 2.75) is 71.6 Å². The van der Waals surface area contributed by atoms with Crippen LogP contribution in [0.25, 0.3) is 0 Å². The van der Waals surface area contributed by atoms with Gasteiger partial charge in [0.1, 0.15) is 5.01 Å². The summed E-state index contributed by atoms with van der Waals surface area (Å²) in [6.45, 7) is 8.24. The largest absolute Gasteiger partial charge is 0.393 e. The number of hydrogen-bond acceptors (Lipinski definition) is 4. The molecule has 1 aliphatic heterocycles. The summed E-state index contributed by atoms with van der Waals surface area (Å²) < 4.78 is 0. The van der Waals surface area contributed by atoms with Crippen molar-refractivity contribution in [1.29, 1.82) is 0 Å². The first-order chi connectivity index (χ1) is 9.06. The van der Waals surface area contributed by atoms with Crippen LogP contribution in [0.15, 0.2) is 0 Å². The van der Waals surface area contributed by atoms with Crippen LogP contribution < -0.4 is 0 Å². The average Bonchev–Trinajstić information content (AvgIpc) is 2.52. The van der Waals surface area contributed by atoms with Gasteiger partial charge in [-0.05, 0) is 46.6 Å². The molecule has 0 bridgehead atoms. The normalized spacial score (nSPS) is 23.3. The van der Waals surface area contributed by atoms with E-state index in [1.807, 2.05) is 18.3 Å². The Labute approximate surface area is 120 Å². The van der Waals surface area contributed by atoms with Crippen LogP contribution >= 0.6 is 11.3 Å². The number of aromatic nitrogens is 1. The van der Waals surface area contributed by atoms with Gasteiger partial charge in [0.25, 0.3) is 0 Å². The molecule has 1 N–H and O–H groups in total. The Balaban J connectivity index is 2.04. The van der Waals surface area contributed by atoms with Gasteiger partial charge in [0, 0.05) is 10.9 Å². The predicted octanol–water partition coefficient (Wildman–Crippen LogP) is 3.28. The maximum absolute atomic E-state index is 9.69. The third kappa shape index (κ3) is 4.26. The van der Waals surface area contributed by atoms with Crippen LogP contribution in [0, 0.1) is 13.8 Å². The molecular formula is C15H26N2OS. The standard InChI is InChI=1S/C15H26N2OS/c1-11(18)9-14-7-5-4-6-8-17(14)10-15-16-12(2)13(3)19-15/h11,14,18H,4-10H2,1-3H3. The fourth-order valence-corrected chi connectivity index (χ4v) is 3.85. The number of hydrogen-bond donors (Lipinski definition) is 1. The van der Waals surface area contributed by atoms with Crippen molar-refractivity contribution in [1.82, 2.24) is 9.88 Å². The molecule has 2 unspecified atom stereocenters. The highest BCUT2D eigenvalue weighted by atomic mass is 32.1. The molecule has 0 saturated carbocycles. The van der Waals surface area contributed by atoms with Crippen molar-refractivity contribution in [2.24, 2.45) is 0 Å². The second-order valence-electron chi connectivity index (χ2n) is 5.81. The fraction of sp³-hybridized carbons (Fsp3) is 0.800. The third-order valence-corrected chi connectivity index (χ3v) is 5.08. The van der Waals surface area contributed by atoms with E-state index in [1.165, 1.54) is 41.3 Å². The first-order valence-electron chi connectivity index (χ1n) is 7.41. The molecule has 0 aliphatic carbocycles. The van der Waals surface area contributed by atoms with E-state index < -0.39 is 0 Å². The zero-order valence-electron chi connectivity index (χ0n) is 12.4. The van der Waals surface area contributed by atoms with Gasteiger partial charge in [-0.3, -0.25) is 4.90 Å². The van der Waals surface area contributed by atoms with E-state index in [0.717, 1.165) is 19.5 Å². The number of aliphatic hydroxyl groups excluding tert-OH is 1. The van der Waals surface area contributed by atoms with Gasteiger partial charge in [0.05, 0.1) is 18.3 Å². The van der Waals surface area contributed by atoms with Crippen molar-refractivity contribution in [3.8, 4) is 0 Å². The van der Waals surface area contributed by atoms with Gasteiger partial charge in [-0.1, -0.05) is 12.8 Å². The molecule has 0 radical (unpaired) electrons.